The second-order valence-corrected chi connectivity index (χ2v) is 4.80. The minimum Gasteiger partial charge on any atom is -0.420 e. The Morgan fingerprint density at radius 3 is 2.55 bits per heavy atom. The van der Waals surface area contributed by atoms with Crippen LogP contribution in [0.25, 0.3) is 11.0 Å². The highest BCUT2D eigenvalue weighted by Gasteiger charge is 2.14. The fraction of sp³-hybridized carbons (Fsp3) is 0. The van der Waals surface area contributed by atoms with Crippen LogP contribution in [0.15, 0.2) is 40.9 Å². The van der Waals surface area contributed by atoms with E-state index in [2.05, 4.69) is 31.1 Å². The van der Waals surface area contributed by atoms with Crippen LogP contribution in [0, 0.1) is 11.6 Å². The molecule has 0 saturated carbocycles. The Bertz CT molecular complexity index is 798. The van der Waals surface area contributed by atoms with Crippen LogP contribution in [0.5, 0.6) is 11.8 Å². The van der Waals surface area contributed by atoms with Crippen LogP contribution in [-0.4, -0.2) is 15.2 Å². The molecule has 20 heavy (non-hydrogen) atoms. The van der Waals surface area contributed by atoms with Crippen molar-refractivity contribution in [2.75, 3.05) is 0 Å². The van der Waals surface area contributed by atoms with Gasteiger partial charge in [0, 0.05) is 4.47 Å². The van der Waals surface area contributed by atoms with Crippen LogP contribution in [0.2, 0.25) is 0 Å². The Morgan fingerprint density at radius 2 is 1.75 bits per heavy atom. The van der Waals surface area contributed by atoms with Gasteiger partial charge in [0.2, 0.25) is 5.82 Å². The normalized spacial score (nSPS) is 10.8. The second kappa shape index (κ2) is 5.09. The maximum absolute atomic E-state index is 13.6. The van der Waals surface area contributed by atoms with E-state index in [1.165, 1.54) is 6.07 Å². The summed E-state index contributed by atoms with van der Waals surface area (Å²) in [6, 6.07) is 9.16. The SMILES string of the molecule is Fc1cc(Br)cc(Oc2nnc3ccccc3n2)c1F. The lowest BCUT2D eigenvalue weighted by Crippen LogP contribution is -1.98. The van der Waals surface area contributed by atoms with Gasteiger partial charge in [0.25, 0.3) is 0 Å². The number of ether oxygens (including phenoxy) is 1. The molecule has 0 unspecified atom stereocenters. The largest absolute Gasteiger partial charge is 0.420 e. The zero-order chi connectivity index (χ0) is 14.1. The van der Waals surface area contributed by atoms with Crippen molar-refractivity contribution in [2.45, 2.75) is 0 Å². The van der Waals surface area contributed by atoms with E-state index in [1.807, 2.05) is 0 Å². The number of para-hydroxylation sites is 1. The van der Waals surface area contributed by atoms with Crippen LogP contribution in [-0.2, 0) is 0 Å². The van der Waals surface area contributed by atoms with Crippen LogP contribution < -0.4 is 4.74 Å². The summed E-state index contributed by atoms with van der Waals surface area (Å²) in [6.07, 6.45) is 0. The Morgan fingerprint density at radius 1 is 1.00 bits per heavy atom. The Hall–Kier alpha value is -2.15. The molecule has 0 fully saturated rings. The van der Waals surface area contributed by atoms with Crippen molar-refractivity contribution in [3.05, 3.63) is 52.5 Å². The van der Waals surface area contributed by atoms with E-state index in [9.17, 15) is 8.78 Å². The van der Waals surface area contributed by atoms with E-state index in [1.54, 1.807) is 24.3 Å². The topological polar surface area (TPSA) is 47.9 Å². The minimum atomic E-state index is -1.11. The minimum absolute atomic E-state index is 0.153. The van der Waals surface area contributed by atoms with Gasteiger partial charge in [-0.3, -0.25) is 0 Å². The molecule has 1 heterocycles. The molecule has 0 aliphatic heterocycles. The Labute approximate surface area is 120 Å². The van der Waals surface area contributed by atoms with Crippen molar-refractivity contribution in [1.82, 2.24) is 15.2 Å². The molecule has 0 N–H and O–H groups in total. The molecule has 0 saturated heterocycles. The van der Waals surface area contributed by atoms with Crippen molar-refractivity contribution < 1.29 is 13.5 Å². The Kier molecular flexibility index (Phi) is 3.27. The molecule has 0 aliphatic carbocycles. The summed E-state index contributed by atoms with van der Waals surface area (Å²) >= 11 is 3.06. The first kappa shape index (κ1) is 12.9. The summed E-state index contributed by atoms with van der Waals surface area (Å²) in [5.74, 6) is -2.44. The van der Waals surface area contributed by atoms with E-state index < -0.39 is 11.6 Å². The van der Waals surface area contributed by atoms with Crippen molar-refractivity contribution in [3.8, 4) is 11.8 Å². The summed E-state index contributed by atoms with van der Waals surface area (Å²) in [5, 5.41) is 7.60. The number of rotatable bonds is 2. The number of hydrogen-bond donors (Lipinski definition) is 0. The molecule has 4 nitrogen and oxygen atoms in total. The molecule has 3 rings (SSSR count). The van der Waals surface area contributed by atoms with Gasteiger partial charge in [-0.05, 0) is 24.3 Å². The third kappa shape index (κ3) is 2.44. The fourth-order valence-electron chi connectivity index (χ4n) is 1.61. The number of halogens is 3. The van der Waals surface area contributed by atoms with Gasteiger partial charge >= 0.3 is 6.01 Å². The predicted molar refractivity (Wildman–Crippen MR) is 71.5 cm³/mol. The molecule has 0 atom stereocenters. The summed E-state index contributed by atoms with van der Waals surface area (Å²) in [7, 11) is 0. The van der Waals surface area contributed by atoms with E-state index in [4.69, 9.17) is 4.74 Å². The third-order valence-corrected chi connectivity index (χ3v) is 2.96. The molecule has 3 aromatic rings. The quantitative estimate of drug-likeness (QED) is 0.666. The molecule has 0 amide bonds. The van der Waals surface area contributed by atoms with E-state index in [0.717, 1.165) is 6.07 Å². The van der Waals surface area contributed by atoms with Crippen LogP contribution >= 0.6 is 15.9 Å². The molecule has 0 radical (unpaired) electrons. The first-order chi connectivity index (χ1) is 9.63. The second-order valence-electron chi connectivity index (χ2n) is 3.88. The zero-order valence-corrected chi connectivity index (χ0v) is 11.4. The van der Waals surface area contributed by atoms with Gasteiger partial charge in [-0.2, -0.15) is 9.37 Å². The zero-order valence-electron chi connectivity index (χ0n) is 9.85. The number of aromatic nitrogens is 3. The van der Waals surface area contributed by atoms with Crippen LogP contribution in [0.1, 0.15) is 0 Å². The molecule has 0 spiro atoms. The lowest BCUT2D eigenvalue weighted by Gasteiger charge is -2.06. The smallest absolute Gasteiger partial charge is 0.341 e. The molecule has 7 heteroatoms. The standard InChI is InChI=1S/C13H6BrF2N3O/c14-7-5-8(15)12(16)11(6-7)20-13-17-9-3-1-2-4-10(9)18-19-13/h1-6H. The molecular weight excluding hydrogens is 332 g/mol. The van der Waals surface area contributed by atoms with Crippen molar-refractivity contribution >= 4 is 27.0 Å². The number of nitrogens with zero attached hydrogens (tertiary/aromatic N) is 3. The van der Waals surface area contributed by atoms with Gasteiger partial charge in [-0.15, -0.1) is 5.10 Å². The summed E-state index contributed by atoms with van der Waals surface area (Å²) < 4.78 is 32.3. The fourth-order valence-corrected chi connectivity index (χ4v) is 2.02. The Balaban J connectivity index is 2.01. The maximum Gasteiger partial charge on any atom is 0.341 e. The van der Waals surface area contributed by atoms with Gasteiger partial charge in [-0.1, -0.05) is 33.2 Å². The van der Waals surface area contributed by atoms with E-state index in [-0.39, 0.29) is 11.8 Å². The highest BCUT2D eigenvalue weighted by Crippen LogP contribution is 2.28. The van der Waals surface area contributed by atoms with Crippen molar-refractivity contribution in [2.24, 2.45) is 0 Å². The molecule has 0 aliphatic rings. The average Bonchev–Trinajstić information content (AvgIpc) is 2.44. The number of hydrogen-bond acceptors (Lipinski definition) is 4. The molecule has 2 aromatic carbocycles. The lowest BCUT2D eigenvalue weighted by atomic mass is 10.3. The lowest BCUT2D eigenvalue weighted by molar-refractivity contribution is 0.389. The highest BCUT2D eigenvalue weighted by atomic mass is 79.9. The maximum atomic E-state index is 13.6. The molecule has 1 aromatic heterocycles. The first-order valence-electron chi connectivity index (χ1n) is 5.55. The molecule has 100 valence electrons. The third-order valence-electron chi connectivity index (χ3n) is 2.50. The van der Waals surface area contributed by atoms with Gasteiger partial charge in [0.05, 0.1) is 5.52 Å². The van der Waals surface area contributed by atoms with E-state index >= 15 is 0 Å². The van der Waals surface area contributed by atoms with E-state index in [0.29, 0.717) is 15.5 Å². The first-order valence-corrected chi connectivity index (χ1v) is 6.34. The molecule has 0 bridgehead atoms. The predicted octanol–water partition coefficient (Wildman–Crippen LogP) is 3.86. The van der Waals surface area contributed by atoms with Crippen LogP contribution in [0.3, 0.4) is 0 Å². The van der Waals surface area contributed by atoms with Crippen molar-refractivity contribution in [1.29, 1.82) is 0 Å². The molecular formula is C13H6BrF2N3O. The van der Waals surface area contributed by atoms with Gasteiger partial charge in [0.15, 0.2) is 11.6 Å². The number of fused-ring (bicyclic) bond motifs is 1. The highest BCUT2D eigenvalue weighted by molar-refractivity contribution is 9.10. The monoisotopic (exact) mass is 337 g/mol. The van der Waals surface area contributed by atoms with Gasteiger partial charge < -0.3 is 4.74 Å². The summed E-state index contributed by atoms with van der Waals surface area (Å²) in [5.41, 5.74) is 1.13. The van der Waals surface area contributed by atoms with Crippen molar-refractivity contribution in [3.63, 3.8) is 0 Å². The summed E-state index contributed by atoms with van der Waals surface area (Å²) in [4.78, 5) is 4.07. The average molecular weight is 338 g/mol. The van der Waals surface area contributed by atoms with Gasteiger partial charge in [-0.25, -0.2) is 4.39 Å². The number of benzene rings is 2. The summed E-state index contributed by atoms with van der Waals surface area (Å²) in [6.45, 7) is 0. The van der Waals surface area contributed by atoms with Gasteiger partial charge in [0.1, 0.15) is 5.52 Å². The van der Waals surface area contributed by atoms with Crippen LogP contribution in [0.4, 0.5) is 8.78 Å².